The van der Waals surface area contributed by atoms with E-state index < -0.39 is 6.04 Å². The molecule has 1 amide bonds. The standard InChI is InChI=1S/C14H18N2O/c1-8(15)14(17)16-13-11-7-6-9-4-2-3-5-10(9)12(11)13/h2-5,8,11-13H,6-7,15H2,1H3,(H,16,17). The number of hydrogen-bond acceptors (Lipinski definition) is 2. The molecule has 0 radical (unpaired) electrons. The lowest BCUT2D eigenvalue weighted by atomic mass is 9.92. The largest absolute Gasteiger partial charge is 0.351 e. The van der Waals surface area contributed by atoms with E-state index in [9.17, 15) is 4.79 Å². The van der Waals surface area contributed by atoms with Gasteiger partial charge in [0.25, 0.3) is 0 Å². The Balaban J connectivity index is 1.76. The summed E-state index contributed by atoms with van der Waals surface area (Å²) in [6.45, 7) is 1.73. The predicted octanol–water partition coefficient (Wildman–Crippen LogP) is 1.18. The third-order valence-electron chi connectivity index (χ3n) is 4.05. The number of carbonyl (C=O) groups is 1. The Labute approximate surface area is 101 Å². The van der Waals surface area contributed by atoms with Crippen LogP contribution in [-0.2, 0) is 11.2 Å². The SMILES string of the molecule is CC(N)C(=O)NC1C2CCc3ccccc3C21. The van der Waals surface area contributed by atoms with Crippen LogP contribution in [0.3, 0.4) is 0 Å². The zero-order valence-electron chi connectivity index (χ0n) is 10.0. The Morgan fingerprint density at radius 3 is 3.00 bits per heavy atom. The minimum Gasteiger partial charge on any atom is -0.351 e. The van der Waals surface area contributed by atoms with E-state index in [1.165, 1.54) is 17.5 Å². The number of aryl methyl sites for hydroxylation is 1. The molecule has 0 heterocycles. The van der Waals surface area contributed by atoms with Crippen LogP contribution in [-0.4, -0.2) is 18.0 Å². The third kappa shape index (κ3) is 1.75. The summed E-state index contributed by atoms with van der Waals surface area (Å²) in [6, 6.07) is 8.49. The summed E-state index contributed by atoms with van der Waals surface area (Å²) in [5.41, 5.74) is 8.46. The van der Waals surface area contributed by atoms with Crippen molar-refractivity contribution < 1.29 is 4.79 Å². The lowest BCUT2D eigenvalue weighted by Crippen LogP contribution is -2.40. The molecular weight excluding hydrogens is 212 g/mol. The molecule has 4 atom stereocenters. The molecular formula is C14H18N2O. The van der Waals surface area contributed by atoms with Gasteiger partial charge in [-0.05, 0) is 36.8 Å². The Bertz CT molecular complexity index is 455. The number of benzene rings is 1. The van der Waals surface area contributed by atoms with Gasteiger partial charge in [0.15, 0.2) is 0 Å². The molecule has 0 spiro atoms. The fraction of sp³-hybridized carbons (Fsp3) is 0.500. The zero-order chi connectivity index (χ0) is 12.0. The Kier molecular flexibility index (Phi) is 2.44. The Morgan fingerprint density at radius 1 is 1.47 bits per heavy atom. The van der Waals surface area contributed by atoms with Gasteiger partial charge in [-0.1, -0.05) is 24.3 Å². The van der Waals surface area contributed by atoms with Gasteiger partial charge in [0.2, 0.25) is 5.91 Å². The van der Waals surface area contributed by atoms with Gasteiger partial charge in [-0.2, -0.15) is 0 Å². The van der Waals surface area contributed by atoms with E-state index in [0.717, 1.165) is 6.42 Å². The lowest BCUT2D eigenvalue weighted by Gasteiger charge is -2.13. The average molecular weight is 230 g/mol. The second kappa shape index (κ2) is 3.84. The normalized spacial score (nSPS) is 31.1. The minimum atomic E-state index is -0.409. The van der Waals surface area contributed by atoms with Gasteiger partial charge >= 0.3 is 0 Å². The highest BCUT2D eigenvalue weighted by Crippen LogP contribution is 2.54. The number of carbonyl (C=O) groups excluding carboxylic acids is 1. The van der Waals surface area contributed by atoms with Crippen molar-refractivity contribution >= 4 is 5.91 Å². The van der Waals surface area contributed by atoms with E-state index in [0.29, 0.717) is 17.9 Å². The van der Waals surface area contributed by atoms with Crippen molar-refractivity contribution in [3.63, 3.8) is 0 Å². The van der Waals surface area contributed by atoms with E-state index in [4.69, 9.17) is 5.73 Å². The molecule has 0 bridgehead atoms. The first-order valence-corrected chi connectivity index (χ1v) is 6.32. The van der Waals surface area contributed by atoms with Crippen LogP contribution in [0.25, 0.3) is 0 Å². The molecule has 1 aromatic carbocycles. The van der Waals surface area contributed by atoms with E-state index >= 15 is 0 Å². The summed E-state index contributed by atoms with van der Waals surface area (Å²) in [4.78, 5) is 11.6. The van der Waals surface area contributed by atoms with Gasteiger partial charge in [-0.15, -0.1) is 0 Å². The molecule has 0 saturated heterocycles. The van der Waals surface area contributed by atoms with E-state index in [1.54, 1.807) is 6.92 Å². The maximum Gasteiger partial charge on any atom is 0.236 e. The van der Waals surface area contributed by atoms with Crippen molar-refractivity contribution in [1.82, 2.24) is 5.32 Å². The first-order chi connectivity index (χ1) is 8.18. The van der Waals surface area contributed by atoms with Gasteiger partial charge in [0.1, 0.15) is 0 Å². The fourth-order valence-corrected chi connectivity index (χ4v) is 3.06. The molecule has 4 unspecified atom stereocenters. The van der Waals surface area contributed by atoms with Gasteiger partial charge < -0.3 is 11.1 Å². The molecule has 1 saturated carbocycles. The van der Waals surface area contributed by atoms with Crippen LogP contribution >= 0.6 is 0 Å². The molecule has 3 heteroatoms. The fourth-order valence-electron chi connectivity index (χ4n) is 3.06. The van der Waals surface area contributed by atoms with Crippen LogP contribution in [0.15, 0.2) is 24.3 Å². The number of fused-ring (bicyclic) bond motifs is 3. The summed E-state index contributed by atoms with van der Waals surface area (Å²) >= 11 is 0. The maximum atomic E-state index is 11.6. The average Bonchev–Trinajstić information content (AvgIpc) is 3.03. The molecule has 3 rings (SSSR count). The number of hydrogen-bond donors (Lipinski definition) is 2. The van der Waals surface area contributed by atoms with Gasteiger partial charge in [0.05, 0.1) is 6.04 Å². The quantitative estimate of drug-likeness (QED) is 0.801. The molecule has 90 valence electrons. The van der Waals surface area contributed by atoms with Gasteiger partial charge in [-0.25, -0.2) is 0 Å². The van der Waals surface area contributed by atoms with E-state index in [1.807, 2.05) is 0 Å². The molecule has 1 aromatic rings. The van der Waals surface area contributed by atoms with Crippen LogP contribution < -0.4 is 11.1 Å². The van der Waals surface area contributed by atoms with Crippen molar-refractivity contribution in [1.29, 1.82) is 0 Å². The van der Waals surface area contributed by atoms with E-state index in [2.05, 4.69) is 29.6 Å². The second-order valence-corrected chi connectivity index (χ2v) is 5.25. The predicted molar refractivity (Wildman–Crippen MR) is 66.6 cm³/mol. The first kappa shape index (κ1) is 10.8. The number of rotatable bonds is 2. The lowest BCUT2D eigenvalue weighted by molar-refractivity contribution is -0.122. The monoisotopic (exact) mass is 230 g/mol. The van der Waals surface area contributed by atoms with Crippen LogP contribution in [0, 0.1) is 5.92 Å². The highest BCUT2D eigenvalue weighted by Gasteiger charge is 2.53. The number of nitrogens with two attached hydrogens (primary N) is 1. The topological polar surface area (TPSA) is 55.1 Å². The van der Waals surface area contributed by atoms with Gasteiger partial charge in [-0.3, -0.25) is 4.79 Å². The van der Waals surface area contributed by atoms with Crippen LogP contribution in [0.5, 0.6) is 0 Å². The Hall–Kier alpha value is -1.35. The number of amides is 1. The third-order valence-corrected chi connectivity index (χ3v) is 4.05. The first-order valence-electron chi connectivity index (χ1n) is 6.32. The molecule has 0 aromatic heterocycles. The Morgan fingerprint density at radius 2 is 2.24 bits per heavy atom. The molecule has 3 N–H and O–H groups in total. The molecule has 2 aliphatic rings. The summed E-state index contributed by atoms with van der Waals surface area (Å²) in [7, 11) is 0. The van der Waals surface area contributed by atoms with Crippen LogP contribution in [0.2, 0.25) is 0 Å². The molecule has 17 heavy (non-hydrogen) atoms. The van der Waals surface area contributed by atoms with Crippen molar-refractivity contribution in [2.24, 2.45) is 11.7 Å². The summed E-state index contributed by atoms with van der Waals surface area (Å²) in [5, 5.41) is 3.07. The molecule has 3 nitrogen and oxygen atoms in total. The highest BCUT2D eigenvalue weighted by molar-refractivity contribution is 5.82. The van der Waals surface area contributed by atoms with Crippen molar-refractivity contribution in [2.75, 3.05) is 0 Å². The van der Waals surface area contributed by atoms with Gasteiger partial charge in [0, 0.05) is 12.0 Å². The van der Waals surface area contributed by atoms with Crippen molar-refractivity contribution in [3.05, 3.63) is 35.4 Å². The molecule has 1 fully saturated rings. The zero-order valence-corrected chi connectivity index (χ0v) is 10.0. The summed E-state index contributed by atoms with van der Waals surface area (Å²) in [5.74, 6) is 1.14. The summed E-state index contributed by atoms with van der Waals surface area (Å²) in [6.07, 6.45) is 2.33. The van der Waals surface area contributed by atoms with Crippen LogP contribution in [0.4, 0.5) is 0 Å². The highest BCUT2D eigenvalue weighted by atomic mass is 16.2. The van der Waals surface area contributed by atoms with Crippen LogP contribution in [0.1, 0.15) is 30.4 Å². The van der Waals surface area contributed by atoms with E-state index in [-0.39, 0.29) is 5.91 Å². The molecule has 0 aliphatic heterocycles. The maximum absolute atomic E-state index is 11.6. The number of nitrogens with one attached hydrogen (secondary N) is 1. The van der Waals surface area contributed by atoms with Crippen molar-refractivity contribution in [3.8, 4) is 0 Å². The second-order valence-electron chi connectivity index (χ2n) is 5.25. The smallest absolute Gasteiger partial charge is 0.236 e. The summed E-state index contributed by atoms with van der Waals surface area (Å²) < 4.78 is 0. The minimum absolute atomic E-state index is 0.0260. The van der Waals surface area contributed by atoms with Crippen molar-refractivity contribution in [2.45, 2.75) is 37.8 Å². The molecule has 2 aliphatic carbocycles.